The minimum absolute atomic E-state index is 0.121. The van der Waals surface area contributed by atoms with Gasteiger partial charge in [-0.15, -0.1) is 0 Å². The second kappa shape index (κ2) is 13.1. The molecule has 0 radical (unpaired) electrons. The Labute approximate surface area is 249 Å². The van der Waals surface area contributed by atoms with Gasteiger partial charge in [0.15, 0.2) is 0 Å². The lowest BCUT2D eigenvalue weighted by Crippen LogP contribution is -2.45. The topological polar surface area (TPSA) is 96.3 Å². The van der Waals surface area contributed by atoms with Crippen LogP contribution in [0.4, 0.5) is 15.8 Å². The number of carbonyl (C=O) groups excluding carboxylic acids is 3. The Morgan fingerprint density at radius 1 is 0.860 bits per heavy atom. The van der Waals surface area contributed by atoms with Crippen LogP contribution in [-0.4, -0.2) is 27.3 Å². The fourth-order valence-electron chi connectivity index (χ4n) is 4.76. The van der Waals surface area contributed by atoms with Crippen molar-refractivity contribution < 1.29 is 18.8 Å². The third-order valence-corrected chi connectivity index (χ3v) is 7.02. The van der Waals surface area contributed by atoms with Gasteiger partial charge in [-0.3, -0.25) is 19.3 Å². The van der Waals surface area contributed by atoms with Crippen LogP contribution in [0.5, 0.6) is 0 Å². The highest BCUT2D eigenvalue weighted by Crippen LogP contribution is 2.30. The van der Waals surface area contributed by atoms with Gasteiger partial charge in [-0.1, -0.05) is 68.4 Å². The summed E-state index contributed by atoms with van der Waals surface area (Å²) in [7, 11) is 0. The molecule has 2 N–H and O–H groups in total. The van der Waals surface area contributed by atoms with E-state index in [4.69, 9.17) is 0 Å². The quantitative estimate of drug-likeness (QED) is 0.217. The number of hydrogen-bond donors (Lipinski definition) is 2. The van der Waals surface area contributed by atoms with E-state index in [0.29, 0.717) is 16.9 Å². The van der Waals surface area contributed by atoms with Crippen molar-refractivity contribution in [1.82, 2.24) is 14.9 Å². The van der Waals surface area contributed by atoms with Crippen molar-refractivity contribution in [1.29, 1.82) is 0 Å². The molecule has 1 heterocycles. The van der Waals surface area contributed by atoms with Crippen LogP contribution in [-0.2, 0) is 27.5 Å². The zero-order valence-corrected chi connectivity index (χ0v) is 23.9. The Morgan fingerprint density at radius 3 is 2.30 bits per heavy atom. The highest BCUT2D eigenvalue weighted by molar-refractivity contribution is 6.02. The largest absolute Gasteiger partial charge is 0.350 e. The van der Waals surface area contributed by atoms with Crippen molar-refractivity contribution in [2.75, 3.05) is 10.2 Å². The maximum Gasteiger partial charge on any atom is 0.248 e. The van der Waals surface area contributed by atoms with Gasteiger partial charge < -0.3 is 15.2 Å². The van der Waals surface area contributed by atoms with E-state index in [0.717, 1.165) is 16.6 Å². The van der Waals surface area contributed by atoms with Crippen LogP contribution < -0.4 is 15.5 Å². The lowest BCUT2D eigenvalue weighted by atomic mass is 10.0. The van der Waals surface area contributed by atoms with Crippen LogP contribution in [0.1, 0.15) is 31.0 Å². The van der Waals surface area contributed by atoms with E-state index in [-0.39, 0.29) is 24.9 Å². The van der Waals surface area contributed by atoms with Gasteiger partial charge >= 0.3 is 0 Å². The number of nitrogens with zero attached hydrogens (tertiary/aromatic N) is 3. The normalized spacial score (nSPS) is 11.7. The lowest BCUT2D eigenvalue weighted by Gasteiger charge is -2.32. The third kappa shape index (κ3) is 6.95. The molecule has 0 aliphatic rings. The minimum Gasteiger partial charge on any atom is -0.350 e. The average molecular weight is 578 g/mol. The molecular weight excluding hydrogens is 545 g/mol. The monoisotopic (exact) mass is 577 g/mol. The van der Waals surface area contributed by atoms with Gasteiger partial charge in [0.1, 0.15) is 18.4 Å². The van der Waals surface area contributed by atoms with Crippen molar-refractivity contribution in [2.24, 2.45) is 5.92 Å². The average Bonchev–Trinajstić information content (AvgIpc) is 3.42. The van der Waals surface area contributed by atoms with E-state index in [9.17, 15) is 18.8 Å². The van der Waals surface area contributed by atoms with Crippen LogP contribution in [0.3, 0.4) is 0 Å². The molecule has 43 heavy (non-hydrogen) atoms. The molecule has 0 spiro atoms. The Morgan fingerprint density at radius 2 is 1.58 bits per heavy atom. The summed E-state index contributed by atoms with van der Waals surface area (Å²) in [5.74, 6) is -1.78. The van der Waals surface area contributed by atoms with E-state index in [2.05, 4.69) is 15.6 Å². The molecule has 0 fully saturated rings. The van der Waals surface area contributed by atoms with Crippen LogP contribution in [0.15, 0.2) is 109 Å². The standard InChI is InChI=1S/C34H32FN5O3/c1-23(2)33(42)38-27-15-17-28(18-16-27)40(31(41)21-39-22-37-29-13-6-7-14-30(29)39)32(25-11-8-12-26(35)19-25)34(43)36-20-24-9-4-3-5-10-24/h3-19,22-23,32H,20-21H2,1-2H3,(H,36,43)(H,38,42). The Bertz CT molecular complexity index is 1730. The van der Waals surface area contributed by atoms with Crippen LogP contribution in [0.25, 0.3) is 11.0 Å². The van der Waals surface area contributed by atoms with E-state index < -0.39 is 23.7 Å². The summed E-state index contributed by atoms with van der Waals surface area (Å²) in [5.41, 5.74) is 3.63. The molecule has 218 valence electrons. The van der Waals surface area contributed by atoms with Gasteiger partial charge in [-0.25, -0.2) is 9.37 Å². The highest BCUT2D eigenvalue weighted by Gasteiger charge is 2.33. The molecule has 8 nitrogen and oxygen atoms in total. The van der Waals surface area contributed by atoms with Gasteiger partial charge in [0.2, 0.25) is 17.7 Å². The Kier molecular flexibility index (Phi) is 8.90. The minimum atomic E-state index is -1.20. The predicted molar refractivity (Wildman–Crippen MR) is 165 cm³/mol. The number of nitrogens with one attached hydrogen (secondary N) is 2. The zero-order valence-electron chi connectivity index (χ0n) is 23.9. The molecule has 4 aromatic carbocycles. The van der Waals surface area contributed by atoms with Crippen LogP contribution in [0.2, 0.25) is 0 Å². The number of para-hydroxylation sites is 2. The summed E-state index contributed by atoms with van der Waals surface area (Å²) in [4.78, 5) is 46.2. The number of anilines is 2. The van der Waals surface area contributed by atoms with Crippen molar-refractivity contribution in [3.05, 3.63) is 126 Å². The summed E-state index contributed by atoms with van der Waals surface area (Å²) >= 11 is 0. The highest BCUT2D eigenvalue weighted by atomic mass is 19.1. The summed E-state index contributed by atoms with van der Waals surface area (Å²) in [5, 5.41) is 5.77. The Balaban J connectivity index is 1.55. The maximum atomic E-state index is 14.5. The van der Waals surface area contributed by atoms with Gasteiger partial charge in [0, 0.05) is 23.8 Å². The van der Waals surface area contributed by atoms with Gasteiger partial charge in [-0.05, 0) is 59.7 Å². The molecule has 9 heteroatoms. The van der Waals surface area contributed by atoms with Crippen molar-refractivity contribution >= 4 is 40.1 Å². The number of hydrogen-bond acceptors (Lipinski definition) is 4. The molecule has 0 saturated carbocycles. The second-order valence-electron chi connectivity index (χ2n) is 10.5. The third-order valence-electron chi connectivity index (χ3n) is 7.02. The first-order valence-electron chi connectivity index (χ1n) is 14.0. The van der Waals surface area contributed by atoms with Crippen LogP contribution in [0, 0.1) is 11.7 Å². The maximum absolute atomic E-state index is 14.5. The van der Waals surface area contributed by atoms with E-state index in [1.165, 1.54) is 23.1 Å². The smallest absolute Gasteiger partial charge is 0.248 e. The number of rotatable bonds is 10. The molecule has 0 aliphatic carbocycles. The number of amides is 3. The number of benzene rings is 4. The first-order valence-corrected chi connectivity index (χ1v) is 14.0. The zero-order chi connectivity index (χ0) is 30.3. The van der Waals surface area contributed by atoms with E-state index >= 15 is 0 Å². The molecule has 1 unspecified atom stereocenters. The first-order chi connectivity index (χ1) is 20.8. The summed E-state index contributed by atoms with van der Waals surface area (Å²) in [6, 6.07) is 28.0. The summed E-state index contributed by atoms with van der Waals surface area (Å²) < 4.78 is 16.3. The van der Waals surface area contributed by atoms with Crippen molar-refractivity contribution in [3.63, 3.8) is 0 Å². The van der Waals surface area contributed by atoms with Gasteiger partial charge in [0.05, 0.1) is 17.4 Å². The number of carbonyl (C=O) groups is 3. The predicted octanol–water partition coefficient (Wildman–Crippen LogP) is 5.86. The number of aromatic nitrogens is 2. The number of fused-ring (bicyclic) bond motifs is 1. The van der Waals surface area contributed by atoms with Crippen LogP contribution >= 0.6 is 0 Å². The van der Waals surface area contributed by atoms with Gasteiger partial charge in [-0.2, -0.15) is 0 Å². The molecule has 1 atom stereocenters. The fourth-order valence-corrected chi connectivity index (χ4v) is 4.76. The lowest BCUT2D eigenvalue weighted by molar-refractivity contribution is -0.127. The molecule has 5 rings (SSSR count). The first kappa shape index (κ1) is 29.2. The molecule has 0 bridgehead atoms. The molecule has 0 aliphatic heterocycles. The number of imidazole rings is 1. The molecule has 1 aromatic heterocycles. The van der Waals surface area contributed by atoms with E-state index in [1.54, 1.807) is 55.1 Å². The fraction of sp³-hybridized carbons (Fsp3) is 0.176. The molecular formula is C34H32FN5O3. The summed E-state index contributed by atoms with van der Waals surface area (Å²) in [6.07, 6.45) is 1.58. The summed E-state index contributed by atoms with van der Waals surface area (Å²) in [6.45, 7) is 3.69. The van der Waals surface area contributed by atoms with Crippen molar-refractivity contribution in [2.45, 2.75) is 33.0 Å². The molecule has 5 aromatic rings. The van der Waals surface area contributed by atoms with Crippen molar-refractivity contribution in [3.8, 4) is 0 Å². The Hall–Kier alpha value is -5.31. The molecule has 0 saturated heterocycles. The SMILES string of the molecule is CC(C)C(=O)Nc1ccc(N(C(=O)Cn2cnc3ccccc32)C(C(=O)NCc2ccccc2)c2cccc(F)c2)cc1. The molecule has 3 amide bonds. The second-order valence-corrected chi connectivity index (χ2v) is 10.5. The number of halogens is 1. The van der Waals surface area contributed by atoms with Gasteiger partial charge in [0.25, 0.3) is 0 Å². The van der Waals surface area contributed by atoms with E-state index in [1.807, 2.05) is 54.6 Å².